The number of benzene rings is 3. The number of amides is 1. The Morgan fingerprint density at radius 3 is 2.00 bits per heavy atom. The van der Waals surface area contributed by atoms with E-state index in [-0.39, 0.29) is 11.7 Å². The molecule has 3 rings (SSSR count). The van der Waals surface area contributed by atoms with Crippen molar-refractivity contribution in [3.63, 3.8) is 0 Å². The molecule has 0 spiro atoms. The molecule has 0 aliphatic carbocycles. The van der Waals surface area contributed by atoms with Crippen LogP contribution in [0.15, 0.2) is 72.8 Å². The van der Waals surface area contributed by atoms with Crippen molar-refractivity contribution in [2.45, 2.75) is 6.42 Å². The molecule has 0 atom stereocenters. The van der Waals surface area contributed by atoms with Crippen LogP contribution in [0.4, 0.5) is 0 Å². The summed E-state index contributed by atoms with van der Waals surface area (Å²) in [4.78, 5) is 12.2. The van der Waals surface area contributed by atoms with Gasteiger partial charge in [0.05, 0.1) is 0 Å². The first-order valence-corrected chi connectivity index (χ1v) is 8.42. The molecule has 1 amide bonds. The molecule has 2 N–H and O–H groups in total. The Balaban J connectivity index is 1.57. The highest BCUT2D eigenvalue weighted by Gasteiger charge is 2.06. The zero-order valence-electron chi connectivity index (χ0n) is 13.6. The van der Waals surface area contributed by atoms with Gasteiger partial charge in [-0.15, -0.1) is 0 Å². The molecular weight excluding hydrogens is 334 g/mol. The fourth-order valence-electron chi connectivity index (χ4n) is 2.54. The van der Waals surface area contributed by atoms with Gasteiger partial charge < -0.3 is 10.4 Å². The normalized spacial score (nSPS) is 10.4. The van der Waals surface area contributed by atoms with E-state index in [9.17, 15) is 9.90 Å². The number of hydrogen-bond acceptors (Lipinski definition) is 2. The maximum absolute atomic E-state index is 12.2. The molecule has 126 valence electrons. The van der Waals surface area contributed by atoms with E-state index in [1.807, 2.05) is 60.7 Å². The van der Waals surface area contributed by atoms with Crippen molar-refractivity contribution < 1.29 is 9.90 Å². The summed E-state index contributed by atoms with van der Waals surface area (Å²) in [6, 6.07) is 22.1. The number of carbonyl (C=O) groups excluding carboxylic acids is 1. The third-order valence-corrected chi connectivity index (χ3v) is 4.21. The quantitative estimate of drug-likeness (QED) is 0.700. The molecule has 25 heavy (non-hydrogen) atoms. The standard InChI is InChI=1S/C21H18ClNO2/c22-19-9-7-17(8-10-19)16-3-5-18(6-4-16)21(25)23-14-13-15-1-11-20(24)12-2-15/h1-12,24H,13-14H2,(H,23,25). The highest BCUT2D eigenvalue weighted by atomic mass is 35.5. The summed E-state index contributed by atoms with van der Waals surface area (Å²) in [7, 11) is 0. The molecule has 0 aromatic heterocycles. The maximum atomic E-state index is 12.2. The van der Waals surface area contributed by atoms with Crippen molar-refractivity contribution in [3.05, 3.63) is 88.9 Å². The molecule has 4 heteroatoms. The van der Waals surface area contributed by atoms with Gasteiger partial charge in [0.25, 0.3) is 5.91 Å². The summed E-state index contributed by atoms with van der Waals surface area (Å²) < 4.78 is 0. The van der Waals surface area contributed by atoms with Gasteiger partial charge in [-0.25, -0.2) is 0 Å². The minimum Gasteiger partial charge on any atom is -0.508 e. The minimum atomic E-state index is -0.0959. The van der Waals surface area contributed by atoms with E-state index < -0.39 is 0 Å². The summed E-state index contributed by atoms with van der Waals surface area (Å²) in [5.41, 5.74) is 3.79. The lowest BCUT2D eigenvalue weighted by atomic mass is 10.0. The van der Waals surface area contributed by atoms with Gasteiger partial charge in [0.15, 0.2) is 0 Å². The Kier molecular flexibility index (Phi) is 5.36. The molecule has 3 aromatic carbocycles. The first-order valence-electron chi connectivity index (χ1n) is 8.04. The Hall–Kier alpha value is -2.78. The molecular formula is C21H18ClNO2. The molecule has 0 aliphatic rings. The topological polar surface area (TPSA) is 49.3 Å². The molecule has 0 saturated carbocycles. The Morgan fingerprint density at radius 2 is 1.40 bits per heavy atom. The highest BCUT2D eigenvalue weighted by molar-refractivity contribution is 6.30. The van der Waals surface area contributed by atoms with Gasteiger partial charge in [-0.1, -0.05) is 48.0 Å². The first-order chi connectivity index (χ1) is 12.1. The zero-order chi connectivity index (χ0) is 17.6. The van der Waals surface area contributed by atoms with Crippen molar-refractivity contribution in [1.29, 1.82) is 0 Å². The first kappa shape index (κ1) is 17.1. The molecule has 0 saturated heterocycles. The number of phenols is 1. The second kappa shape index (κ2) is 7.86. The average molecular weight is 352 g/mol. The number of phenolic OH excluding ortho intramolecular Hbond substituents is 1. The summed E-state index contributed by atoms with van der Waals surface area (Å²) in [6.07, 6.45) is 0.717. The summed E-state index contributed by atoms with van der Waals surface area (Å²) in [5.74, 6) is 0.148. The molecule has 3 aromatic rings. The number of nitrogens with one attached hydrogen (secondary N) is 1. The molecule has 0 bridgehead atoms. The smallest absolute Gasteiger partial charge is 0.251 e. The van der Waals surface area contributed by atoms with Crippen LogP contribution in [0.2, 0.25) is 5.02 Å². The third kappa shape index (κ3) is 4.61. The van der Waals surface area contributed by atoms with Crippen LogP contribution in [-0.4, -0.2) is 17.6 Å². The fraction of sp³-hybridized carbons (Fsp3) is 0.0952. The van der Waals surface area contributed by atoms with Crippen LogP contribution in [-0.2, 0) is 6.42 Å². The van der Waals surface area contributed by atoms with Crippen LogP contribution in [0.25, 0.3) is 11.1 Å². The molecule has 0 radical (unpaired) electrons. The lowest BCUT2D eigenvalue weighted by Gasteiger charge is -2.07. The van der Waals surface area contributed by atoms with E-state index in [0.717, 1.165) is 23.1 Å². The molecule has 3 nitrogen and oxygen atoms in total. The van der Waals surface area contributed by atoms with Gasteiger partial charge >= 0.3 is 0 Å². The summed E-state index contributed by atoms with van der Waals surface area (Å²) >= 11 is 5.90. The number of hydrogen-bond donors (Lipinski definition) is 2. The van der Waals surface area contributed by atoms with Crippen molar-refractivity contribution in [2.24, 2.45) is 0 Å². The van der Waals surface area contributed by atoms with E-state index in [2.05, 4.69) is 5.32 Å². The minimum absolute atomic E-state index is 0.0959. The van der Waals surface area contributed by atoms with Gasteiger partial charge in [0, 0.05) is 17.1 Å². The van der Waals surface area contributed by atoms with Crippen molar-refractivity contribution in [1.82, 2.24) is 5.32 Å². The predicted molar refractivity (Wildman–Crippen MR) is 101 cm³/mol. The highest BCUT2D eigenvalue weighted by Crippen LogP contribution is 2.21. The second-order valence-corrected chi connectivity index (χ2v) is 6.19. The monoisotopic (exact) mass is 351 g/mol. The lowest BCUT2D eigenvalue weighted by molar-refractivity contribution is 0.0954. The maximum Gasteiger partial charge on any atom is 0.251 e. The SMILES string of the molecule is O=C(NCCc1ccc(O)cc1)c1ccc(-c2ccc(Cl)cc2)cc1. The molecule has 0 fully saturated rings. The predicted octanol–water partition coefficient (Wildman–Crippen LogP) is 4.69. The van der Waals surface area contributed by atoms with Crippen LogP contribution in [0, 0.1) is 0 Å². The Morgan fingerprint density at radius 1 is 0.840 bits per heavy atom. The lowest BCUT2D eigenvalue weighted by Crippen LogP contribution is -2.25. The third-order valence-electron chi connectivity index (χ3n) is 3.96. The van der Waals surface area contributed by atoms with Crippen LogP contribution in [0.5, 0.6) is 5.75 Å². The molecule has 0 heterocycles. The van der Waals surface area contributed by atoms with Gasteiger partial charge in [-0.2, -0.15) is 0 Å². The molecule has 0 aliphatic heterocycles. The average Bonchev–Trinajstić information content (AvgIpc) is 2.64. The van der Waals surface area contributed by atoms with Gasteiger partial charge in [-0.3, -0.25) is 4.79 Å². The van der Waals surface area contributed by atoms with Crippen molar-refractivity contribution >= 4 is 17.5 Å². The van der Waals surface area contributed by atoms with E-state index in [1.165, 1.54) is 0 Å². The largest absolute Gasteiger partial charge is 0.508 e. The van der Waals surface area contributed by atoms with Crippen LogP contribution in [0.3, 0.4) is 0 Å². The number of aromatic hydroxyl groups is 1. The second-order valence-electron chi connectivity index (χ2n) is 5.76. The number of carbonyl (C=O) groups is 1. The fourth-order valence-corrected chi connectivity index (χ4v) is 2.67. The van der Waals surface area contributed by atoms with Gasteiger partial charge in [-0.05, 0) is 59.5 Å². The van der Waals surface area contributed by atoms with Gasteiger partial charge in [0.2, 0.25) is 0 Å². The van der Waals surface area contributed by atoms with E-state index in [4.69, 9.17) is 11.6 Å². The van der Waals surface area contributed by atoms with Crippen LogP contribution >= 0.6 is 11.6 Å². The summed E-state index contributed by atoms with van der Waals surface area (Å²) in [6.45, 7) is 0.544. The van der Waals surface area contributed by atoms with Crippen LogP contribution < -0.4 is 5.32 Å². The van der Waals surface area contributed by atoms with Crippen molar-refractivity contribution in [2.75, 3.05) is 6.54 Å². The Labute approximate surface area is 151 Å². The Bertz CT molecular complexity index is 841. The summed E-state index contributed by atoms with van der Waals surface area (Å²) in [5, 5.41) is 12.9. The number of rotatable bonds is 5. The van der Waals surface area contributed by atoms with Gasteiger partial charge in [0.1, 0.15) is 5.75 Å². The van der Waals surface area contributed by atoms with E-state index in [0.29, 0.717) is 17.1 Å². The van der Waals surface area contributed by atoms with E-state index >= 15 is 0 Å². The van der Waals surface area contributed by atoms with Crippen molar-refractivity contribution in [3.8, 4) is 16.9 Å². The number of halogens is 1. The van der Waals surface area contributed by atoms with E-state index in [1.54, 1.807) is 12.1 Å². The van der Waals surface area contributed by atoms with Crippen LogP contribution in [0.1, 0.15) is 15.9 Å². The zero-order valence-corrected chi connectivity index (χ0v) is 14.3. The molecule has 0 unspecified atom stereocenters.